The predicted molar refractivity (Wildman–Crippen MR) is 304 cm³/mol. The number of ether oxygens (including phenoxy) is 2. The quantitative estimate of drug-likeness (QED) is 0.0261. The normalized spacial score (nSPS) is 19.2. The fourth-order valence-corrected chi connectivity index (χ4v) is 10.3. The monoisotopic (exact) mass is 1020 g/mol. The lowest BCUT2D eigenvalue weighted by Gasteiger charge is -2.40. The lowest BCUT2D eigenvalue weighted by Crippen LogP contribution is -2.60. The van der Waals surface area contributed by atoms with Crippen LogP contribution in [0.4, 0.5) is 0 Å². The standard InChI is InChI=1S/C63H121NO8/c1-3-5-7-9-11-13-15-17-19-21-22-23-24-25-26-27-28-29-30-31-32-33-34-35-36-37-38-40-42-44-46-48-50-52-57(66)56(55-71-63-62(70)61(69)60(68)58(54-65)72-63)64-59(67)53-51-49-47-45-43-41-39-20-18-16-14-12-10-8-6-4-2/h42,44,50,52,56-58,60-63,65-66,68-70H,3-41,43,45-49,51,53-55H2,1-2H3,(H,64,67)/b44-42+,52-50+. The summed E-state index contributed by atoms with van der Waals surface area (Å²) in [6.45, 7) is 3.80. The SMILES string of the molecule is CCCCCCCCCCCCCCCCCCCCCCCCCCCCC/C=C/CC/C=C/C(O)C(COC1OC(CO)C(O)C(O)C1O)NC(=O)CCCCCCCCCCCCCCCCCC. The average molecular weight is 1020 g/mol. The van der Waals surface area contributed by atoms with Crippen LogP contribution in [0.5, 0.6) is 0 Å². The molecule has 0 saturated carbocycles. The van der Waals surface area contributed by atoms with Crippen LogP contribution < -0.4 is 5.32 Å². The van der Waals surface area contributed by atoms with Crippen LogP contribution in [0, 0.1) is 0 Å². The first kappa shape index (κ1) is 68.7. The second-order valence-electron chi connectivity index (χ2n) is 22.2. The van der Waals surface area contributed by atoms with Gasteiger partial charge in [0, 0.05) is 6.42 Å². The van der Waals surface area contributed by atoms with E-state index in [1.165, 1.54) is 257 Å². The molecule has 1 rings (SSSR count). The van der Waals surface area contributed by atoms with Gasteiger partial charge in [-0.2, -0.15) is 0 Å². The first-order valence-corrected chi connectivity index (χ1v) is 31.6. The molecular weight excluding hydrogens is 899 g/mol. The second kappa shape index (κ2) is 53.1. The number of unbranched alkanes of at least 4 members (excludes halogenated alkanes) is 43. The van der Waals surface area contributed by atoms with Gasteiger partial charge >= 0.3 is 0 Å². The summed E-state index contributed by atoms with van der Waals surface area (Å²) >= 11 is 0. The van der Waals surface area contributed by atoms with Crippen molar-refractivity contribution in [2.45, 2.75) is 358 Å². The number of nitrogens with one attached hydrogen (secondary N) is 1. The van der Waals surface area contributed by atoms with Crippen molar-refractivity contribution in [1.29, 1.82) is 0 Å². The molecule has 7 unspecified atom stereocenters. The van der Waals surface area contributed by atoms with Gasteiger partial charge in [-0.25, -0.2) is 0 Å². The number of aliphatic hydroxyl groups is 5. The minimum atomic E-state index is -1.57. The highest BCUT2D eigenvalue weighted by molar-refractivity contribution is 5.76. The molecule has 7 atom stereocenters. The van der Waals surface area contributed by atoms with Gasteiger partial charge in [0.15, 0.2) is 6.29 Å². The van der Waals surface area contributed by atoms with Crippen LogP contribution in [-0.4, -0.2) is 87.5 Å². The molecule has 6 N–H and O–H groups in total. The van der Waals surface area contributed by atoms with Crippen molar-refractivity contribution >= 4 is 5.91 Å². The number of hydrogen-bond acceptors (Lipinski definition) is 8. The summed E-state index contributed by atoms with van der Waals surface area (Å²) in [6.07, 6.45) is 61.4. The summed E-state index contributed by atoms with van der Waals surface area (Å²) < 4.78 is 11.3. The van der Waals surface area contributed by atoms with Crippen molar-refractivity contribution < 1.29 is 39.8 Å². The molecule has 0 spiro atoms. The van der Waals surface area contributed by atoms with E-state index < -0.39 is 49.5 Å². The second-order valence-corrected chi connectivity index (χ2v) is 22.2. The first-order valence-electron chi connectivity index (χ1n) is 31.6. The molecule has 1 heterocycles. The number of carbonyl (C=O) groups is 1. The van der Waals surface area contributed by atoms with Crippen molar-refractivity contribution in [3.63, 3.8) is 0 Å². The maximum Gasteiger partial charge on any atom is 0.220 e. The summed E-state index contributed by atoms with van der Waals surface area (Å²) in [6, 6.07) is -0.818. The van der Waals surface area contributed by atoms with Crippen molar-refractivity contribution in [3.8, 4) is 0 Å². The fraction of sp³-hybridized carbons (Fsp3) is 0.921. The van der Waals surface area contributed by atoms with Gasteiger partial charge in [0.25, 0.3) is 0 Å². The molecule has 1 amide bonds. The van der Waals surface area contributed by atoms with E-state index in [0.29, 0.717) is 6.42 Å². The lowest BCUT2D eigenvalue weighted by atomic mass is 9.99. The average Bonchev–Trinajstić information content (AvgIpc) is 3.38. The van der Waals surface area contributed by atoms with Gasteiger partial charge in [-0.3, -0.25) is 4.79 Å². The highest BCUT2D eigenvalue weighted by Gasteiger charge is 2.44. The Bertz CT molecular complexity index is 1180. The first-order chi connectivity index (χ1) is 35.3. The molecule has 1 saturated heterocycles. The Morgan fingerprint density at radius 2 is 0.792 bits per heavy atom. The van der Waals surface area contributed by atoms with Crippen LogP contribution >= 0.6 is 0 Å². The van der Waals surface area contributed by atoms with E-state index in [4.69, 9.17) is 9.47 Å². The molecular formula is C63H121NO8. The largest absolute Gasteiger partial charge is 0.394 e. The van der Waals surface area contributed by atoms with Crippen molar-refractivity contribution in [1.82, 2.24) is 5.32 Å². The van der Waals surface area contributed by atoms with Gasteiger partial charge in [-0.1, -0.05) is 301 Å². The van der Waals surface area contributed by atoms with Gasteiger partial charge in [0.1, 0.15) is 24.4 Å². The number of amides is 1. The van der Waals surface area contributed by atoms with E-state index in [1.54, 1.807) is 6.08 Å². The van der Waals surface area contributed by atoms with Gasteiger partial charge in [-0.15, -0.1) is 0 Å². The zero-order valence-corrected chi connectivity index (χ0v) is 47.5. The van der Waals surface area contributed by atoms with Crippen LogP contribution in [0.3, 0.4) is 0 Å². The minimum Gasteiger partial charge on any atom is -0.394 e. The Labute approximate surface area is 445 Å². The van der Waals surface area contributed by atoms with E-state index in [-0.39, 0.29) is 12.5 Å². The van der Waals surface area contributed by atoms with E-state index >= 15 is 0 Å². The Balaban J connectivity index is 2.14. The maximum atomic E-state index is 13.0. The minimum absolute atomic E-state index is 0.181. The zero-order chi connectivity index (χ0) is 52.2. The van der Waals surface area contributed by atoms with Crippen LogP contribution in [0.25, 0.3) is 0 Å². The van der Waals surface area contributed by atoms with Crippen molar-refractivity contribution in [3.05, 3.63) is 24.3 Å². The summed E-state index contributed by atoms with van der Waals surface area (Å²) in [5, 5.41) is 54.5. The van der Waals surface area contributed by atoms with Crippen LogP contribution in [0.15, 0.2) is 24.3 Å². The Kier molecular flexibility index (Phi) is 50.6. The Hall–Kier alpha value is -1.33. The molecule has 0 aromatic carbocycles. The molecule has 1 aliphatic rings. The van der Waals surface area contributed by atoms with Gasteiger partial charge in [0.05, 0.1) is 25.4 Å². The summed E-state index contributed by atoms with van der Waals surface area (Å²) in [5.74, 6) is -0.181. The third kappa shape index (κ3) is 41.9. The maximum absolute atomic E-state index is 13.0. The lowest BCUT2D eigenvalue weighted by molar-refractivity contribution is -0.302. The van der Waals surface area contributed by atoms with Crippen LogP contribution in [0.2, 0.25) is 0 Å². The number of allylic oxidation sites excluding steroid dienone is 3. The molecule has 9 nitrogen and oxygen atoms in total. The molecule has 0 aliphatic carbocycles. The molecule has 72 heavy (non-hydrogen) atoms. The number of carbonyl (C=O) groups excluding carboxylic acids is 1. The molecule has 426 valence electrons. The summed E-state index contributed by atoms with van der Waals surface area (Å²) in [7, 11) is 0. The summed E-state index contributed by atoms with van der Waals surface area (Å²) in [5.41, 5.74) is 0. The van der Waals surface area contributed by atoms with Crippen molar-refractivity contribution in [2.24, 2.45) is 0 Å². The molecule has 0 bridgehead atoms. The highest BCUT2D eigenvalue weighted by atomic mass is 16.7. The third-order valence-electron chi connectivity index (χ3n) is 15.3. The molecule has 0 aromatic rings. The molecule has 1 aliphatic heterocycles. The molecule has 0 aromatic heterocycles. The number of hydrogen-bond donors (Lipinski definition) is 6. The Morgan fingerprint density at radius 1 is 0.458 bits per heavy atom. The van der Waals surface area contributed by atoms with E-state index in [0.717, 1.165) is 38.5 Å². The van der Waals surface area contributed by atoms with Crippen LogP contribution in [0.1, 0.15) is 316 Å². The van der Waals surface area contributed by atoms with Crippen molar-refractivity contribution in [2.75, 3.05) is 13.2 Å². The van der Waals surface area contributed by atoms with Gasteiger partial charge in [-0.05, 0) is 32.1 Å². The van der Waals surface area contributed by atoms with E-state index in [2.05, 4.69) is 31.3 Å². The fourth-order valence-electron chi connectivity index (χ4n) is 10.3. The van der Waals surface area contributed by atoms with E-state index in [1.807, 2.05) is 6.08 Å². The predicted octanol–water partition coefficient (Wildman–Crippen LogP) is 16.1. The molecule has 1 fully saturated rings. The smallest absolute Gasteiger partial charge is 0.220 e. The van der Waals surface area contributed by atoms with E-state index in [9.17, 15) is 30.3 Å². The highest BCUT2D eigenvalue weighted by Crippen LogP contribution is 2.23. The molecule has 0 radical (unpaired) electrons. The van der Waals surface area contributed by atoms with Gasteiger partial charge in [0.2, 0.25) is 5.91 Å². The Morgan fingerprint density at radius 3 is 1.17 bits per heavy atom. The van der Waals surface area contributed by atoms with Crippen LogP contribution in [-0.2, 0) is 14.3 Å². The zero-order valence-electron chi connectivity index (χ0n) is 47.5. The molecule has 9 heteroatoms. The number of rotatable bonds is 55. The topological polar surface area (TPSA) is 149 Å². The van der Waals surface area contributed by atoms with Gasteiger partial charge < -0.3 is 40.3 Å². The summed E-state index contributed by atoms with van der Waals surface area (Å²) in [4.78, 5) is 13.0. The third-order valence-corrected chi connectivity index (χ3v) is 15.3. The number of aliphatic hydroxyl groups excluding tert-OH is 5.